The van der Waals surface area contributed by atoms with Crippen LogP contribution >= 0.6 is 11.3 Å². The Morgan fingerprint density at radius 2 is 1.64 bits per heavy atom. The number of rotatable bonds is 7. The molecule has 5 aromatic rings. The lowest BCUT2D eigenvalue weighted by Gasteiger charge is -2.25. The Bertz CT molecular complexity index is 2020. The Hall–Kier alpha value is -4.69. The second-order valence-corrected chi connectivity index (χ2v) is 10.9. The Balaban J connectivity index is 1.63. The van der Waals surface area contributed by atoms with Crippen molar-refractivity contribution in [1.82, 2.24) is 4.57 Å². The van der Waals surface area contributed by atoms with Gasteiger partial charge in [0.1, 0.15) is 0 Å². The van der Waals surface area contributed by atoms with Crippen LogP contribution in [0.25, 0.3) is 27.6 Å². The van der Waals surface area contributed by atoms with Gasteiger partial charge in [-0.1, -0.05) is 65.9 Å². The quantitative estimate of drug-likeness (QED) is 0.188. The number of esters is 1. The number of fused-ring (bicyclic) bond motifs is 3. The zero-order valence-electron chi connectivity index (χ0n) is 23.8. The lowest BCUT2D eigenvalue weighted by molar-refractivity contribution is -0.139. The number of aromatic nitrogens is 1. The fourth-order valence-corrected chi connectivity index (χ4v) is 6.60. The first kappa shape index (κ1) is 27.5. The van der Waals surface area contributed by atoms with Crippen LogP contribution in [-0.4, -0.2) is 30.9 Å². The van der Waals surface area contributed by atoms with Gasteiger partial charge in [-0.15, -0.1) is 0 Å². The van der Waals surface area contributed by atoms with Crippen LogP contribution < -0.4 is 24.4 Å². The van der Waals surface area contributed by atoms with Gasteiger partial charge < -0.3 is 14.2 Å². The third kappa shape index (κ3) is 4.67. The van der Waals surface area contributed by atoms with E-state index in [1.54, 1.807) is 31.6 Å². The first-order valence-electron chi connectivity index (χ1n) is 13.9. The van der Waals surface area contributed by atoms with Crippen LogP contribution in [0.3, 0.4) is 0 Å². The zero-order chi connectivity index (χ0) is 29.4. The van der Waals surface area contributed by atoms with Crippen LogP contribution in [0.15, 0.2) is 93.9 Å². The first-order chi connectivity index (χ1) is 20.4. The van der Waals surface area contributed by atoms with Gasteiger partial charge in [0.2, 0.25) is 0 Å². The number of carbonyl (C=O) groups is 1. The third-order valence-corrected chi connectivity index (χ3v) is 8.39. The molecule has 0 radical (unpaired) electrons. The molecule has 0 bridgehead atoms. The van der Waals surface area contributed by atoms with Crippen molar-refractivity contribution in [3.63, 3.8) is 0 Å². The minimum Gasteiger partial charge on any atom is -0.493 e. The summed E-state index contributed by atoms with van der Waals surface area (Å²) in [6.07, 6.45) is 1.95. The van der Waals surface area contributed by atoms with E-state index >= 15 is 0 Å². The molecule has 1 aliphatic heterocycles. The topological polar surface area (TPSA) is 79.1 Å². The van der Waals surface area contributed by atoms with E-state index in [2.05, 4.69) is 30.3 Å². The summed E-state index contributed by atoms with van der Waals surface area (Å²) in [5, 5.41) is 4.29. The fourth-order valence-electron chi connectivity index (χ4n) is 5.57. The highest BCUT2D eigenvalue weighted by Gasteiger charge is 2.34. The Kier molecular flexibility index (Phi) is 7.39. The highest BCUT2D eigenvalue weighted by atomic mass is 32.1. The minimum atomic E-state index is -0.753. The van der Waals surface area contributed by atoms with Crippen LogP contribution in [0.4, 0.5) is 0 Å². The van der Waals surface area contributed by atoms with Gasteiger partial charge in [-0.05, 0) is 77.7 Å². The van der Waals surface area contributed by atoms with E-state index < -0.39 is 12.0 Å². The molecule has 4 aromatic carbocycles. The van der Waals surface area contributed by atoms with Crippen molar-refractivity contribution in [2.45, 2.75) is 26.8 Å². The van der Waals surface area contributed by atoms with Gasteiger partial charge in [0.15, 0.2) is 16.3 Å². The number of allylic oxidation sites excluding steroid dienone is 1. The van der Waals surface area contributed by atoms with Crippen molar-refractivity contribution in [2.75, 3.05) is 20.3 Å². The van der Waals surface area contributed by atoms with E-state index in [1.165, 1.54) is 11.3 Å². The summed E-state index contributed by atoms with van der Waals surface area (Å²) in [6, 6.07) is 23.2. The molecule has 0 saturated carbocycles. The predicted octanol–water partition coefficient (Wildman–Crippen LogP) is 5.51. The van der Waals surface area contributed by atoms with E-state index in [1.807, 2.05) is 49.4 Å². The van der Waals surface area contributed by atoms with E-state index in [0.717, 1.165) is 27.1 Å². The molecule has 0 aliphatic carbocycles. The molecule has 0 fully saturated rings. The zero-order valence-corrected chi connectivity index (χ0v) is 24.7. The lowest BCUT2D eigenvalue weighted by Crippen LogP contribution is -2.40. The first-order valence-corrected chi connectivity index (χ1v) is 14.7. The van der Waals surface area contributed by atoms with E-state index in [4.69, 9.17) is 19.2 Å². The molecule has 212 valence electrons. The molecule has 8 heteroatoms. The molecule has 1 atom stereocenters. The van der Waals surface area contributed by atoms with Gasteiger partial charge in [-0.25, -0.2) is 9.79 Å². The van der Waals surface area contributed by atoms with E-state index in [9.17, 15) is 9.59 Å². The highest BCUT2D eigenvalue weighted by molar-refractivity contribution is 7.07. The molecular formula is C34H30N2O5S. The van der Waals surface area contributed by atoms with E-state index in [-0.39, 0.29) is 12.2 Å². The molecule has 0 amide bonds. The van der Waals surface area contributed by atoms with Crippen molar-refractivity contribution in [3.05, 3.63) is 115 Å². The number of hydrogen-bond acceptors (Lipinski definition) is 7. The summed E-state index contributed by atoms with van der Waals surface area (Å²) in [4.78, 5) is 32.9. The molecule has 2 heterocycles. The smallest absolute Gasteiger partial charge is 0.338 e. The number of hydrogen-bond donors (Lipinski definition) is 0. The van der Waals surface area contributed by atoms with Gasteiger partial charge in [0.05, 0.1) is 42.2 Å². The van der Waals surface area contributed by atoms with Crippen molar-refractivity contribution in [1.29, 1.82) is 0 Å². The standard InChI is InChI=1S/C34H30N2O5S/c1-5-40-28-18-23(15-16-27(28)39-4)31-30(33(38)41-6-2)20(3)35-34-36(31)32(37)29(42-34)19-26-24-13-9-7-11-21(24)17-22-12-8-10-14-25(22)26/h7-19,31H,5-6H2,1-4H3/b29-19-/t31-/m1/s1. The minimum absolute atomic E-state index is 0.202. The number of ether oxygens (including phenoxy) is 3. The van der Waals surface area contributed by atoms with Crippen LogP contribution in [0.1, 0.15) is 37.9 Å². The van der Waals surface area contributed by atoms with Gasteiger partial charge in [-0.2, -0.15) is 0 Å². The van der Waals surface area contributed by atoms with Crippen molar-refractivity contribution >= 4 is 44.9 Å². The summed E-state index contributed by atoms with van der Waals surface area (Å²) in [5.41, 5.74) is 2.26. The Labute approximate surface area is 246 Å². The summed E-state index contributed by atoms with van der Waals surface area (Å²) >= 11 is 1.31. The maximum absolute atomic E-state index is 14.3. The van der Waals surface area contributed by atoms with Gasteiger partial charge >= 0.3 is 5.97 Å². The number of carbonyl (C=O) groups excluding carboxylic acids is 1. The van der Waals surface area contributed by atoms with Crippen LogP contribution in [0.2, 0.25) is 0 Å². The largest absolute Gasteiger partial charge is 0.493 e. The summed E-state index contributed by atoms with van der Waals surface area (Å²) in [7, 11) is 1.58. The number of nitrogens with zero attached hydrogens (tertiary/aromatic N) is 2. The van der Waals surface area contributed by atoms with Crippen LogP contribution in [-0.2, 0) is 9.53 Å². The monoisotopic (exact) mass is 578 g/mol. The molecule has 0 unspecified atom stereocenters. The molecule has 7 nitrogen and oxygen atoms in total. The van der Waals surface area contributed by atoms with E-state index in [0.29, 0.717) is 44.3 Å². The van der Waals surface area contributed by atoms with Crippen LogP contribution in [0, 0.1) is 0 Å². The number of benzene rings is 4. The average molecular weight is 579 g/mol. The van der Waals surface area contributed by atoms with Gasteiger partial charge in [-0.3, -0.25) is 9.36 Å². The molecule has 1 aromatic heterocycles. The third-order valence-electron chi connectivity index (χ3n) is 7.41. The predicted molar refractivity (Wildman–Crippen MR) is 166 cm³/mol. The fraction of sp³-hybridized carbons (Fsp3) is 0.206. The Morgan fingerprint density at radius 3 is 2.29 bits per heavy atom. The number of methoxy groups -OCH3 is 1. The molecule has 0 saturated heterocycles. The molecular weight excluding hydrogens is 548 g/mol. The second-order valence-electron chi connectivity index (χ2n) is 9.88. The summed E-state index contributed by atoms with van der Waals surface area (Å²) in [5.74, 6) is 0.584. The van der Waals surface area contributed by atoms with Crippen molar-refractivity contribution in [3.8, 4) is 11.5 Å². The SMILES string of the molecule is CCOC(=O)C1=C(C)N=c2s/c(=C\c3c4ccccc4cc4ccccc34)c(=O)n2[C@@H]1c1ccc(OC)c(OCC)c1. The maximum Gasteiger partial charge on any atom is 0.338 e. The summed E-state index contributed by atoms with van der Waals surface area (Å²) in [6.45, 7) is 6.06. The van der Waals surface area contributed by atoms with Crippen molar-refractivity contribution < 1.29 is 19.0 Å². The average Bonchev–Trinajstić information content (AvgIpc) is 3.30. The van der Waals surface area contributed by atoms with Crippen molar-refractivity contribution in [2.24, 2.45) is 4.99 Å². The van der Waals surface area contributed by atoms with Gasteiger partial charge in [0.25, 0.3) is 5.56 Å². The van der Waals surface area contributed by atoms with Crippen LogP contribution in [0.5, 0.6) is 11.5 Å². The molecule has 0 N–H and O–H groups in total. The highest BCUT2D eigenvalue weighted by Crippen LogP contribution is 2.36. The normalized spacial score (nSPS) is 15.0. The summed E-state index contributed by atoms with van der Waals surface area (Å²) < 4.78 is 18.9. The molecule has 0 spiro atoms. The second kappa shape index (κ2) is 11.3. The van der Waals surface area contributed by atoms with Gasteiger partial charge in [0, 0.05) is 0 Å². The lowest BCUT2D eigenvalue weighted by atomic mass is 9.95. The molecule has 42 heavy (non-hydrogen) atoms. The number of thiazole rings is 1. The molecule has 1 aliphatic rings. The molecule has 6 rings (SSSR count). The maximum atomic E-state index is 14.3. The Morgan fingerprint density at radius 1 is 0.952 bits per heavy atom.